The maximum absolute atomic E-state index is 13.6. The summed E-state index contributed by atoms with van der Waals surface area (Å²) >= 11 is 0. The molecule has 2 aliphatic rings. The molecule has 1 unspecified atom stereocenters. The molecule has 0 spiro atoms. The maximum Gasteiger partial charge on any atom is 0.326 e. The zero-order valence-electron chi connectivity index (χ0n) is 16.1. The molecule has 5 heteroatoms. The van der Waals surface area contributed by atoms with Crippen molar-refractivity contribution in [1.29, 1.82) is 0 Å². The quantitative estimate of drug-likeness (QED) is 0.812. The van der Waals surface area contributed by atoms with Crippen molar-refractivity contribution in [3.8, 4) is 0 Å². The zero-order valence-corrected chi connectivity index (χ0v) is 16.1. The first-order valence-corrected chi connectivity index (χ1v) is 10.1. The molecule has 1 atom stereocenters. The third-order valence-electron chi connectivity index (χ3n) is 5.79. The number of likely N-dealkylation sites (tertiary alicyclic amines) is 1. The standard InChI is InChI=1S/C23H27N3O2/c27-21-23(20-13-7-4-8-14-20,17-19-11-5-3-6-12-19)24-22(28)26(21)18-25-15-9-1-2-10-16-25/h3-8,11-14H,1-2,9-10,15-18H2,(H,24,28). The minimum absolute atomic E-state index is 0.156. The average molecular weight is 377 g/mol. The minimum Gasteiger partial charge on any atom is -0.319 e. The molecule has 146 valence electrons. The number of nitrogens with one attached hydrogen (secondary N) is 1. The number of hydrogen-bond acceptors (Lipinski definition) is 3. The van der Waals surface area contributed by atoms with Gasteiger partial charge in [0.15, 0.2) is 5.54 Å². The number of imide groups is 1. The number of amides is 3. The van der Waals surface area contributed by atoms with E-state index in [9.17, 15) is 9.59 Å². The first kappa shape index (κ1) is 18.7. The molecule has 2 heterocycles. The van der Waals surface area contributed by atoms with E-state index in [0.717, 1.165) is 37.1 Å². The van der Waals surface area contributed by atoms with Crippen molar-refractivity contribution in [2.24, 2.45) is 0 Å². The molecule has 2 fully saturated rings. The van der Waals surface area contributed by atoms with Gasteiger partial charge in [-0.05, 0) is 37.1 Å². The summed E-state index contributed by atoms with van der Waals surface area (Å²) < 4.78 is 0. The molecule has 0 radical (unpaired) electrons. The van der Waals surface area contributed by atoms with Crippen LogP contribution in [0.15, 0.2) is 60.7 Å². The summed E-state index contributed by atoms with van der Waals surface area (Å²) in [6.45, 7) is 2.25. The molecule has 2 aromatic carbocycles. The summed E-state index contributed by atoms with van der Waals surface area (Å²) in [5, 5.41) is 3.05. The molecule has 2 saturated heterocycles. The number of carbonyl (C=O) groups excluding carboxylic acids is 2. The van der Waals surface area contributed by atoms with Crippen molar-refractivity contribution < 1.29 is 9.59 Å². The lowest BCUT2D eigenvalue weighted by Gasteiger charge is -2.29. The van der Waals surface area contributed by atoms with Crippen LogP contribution in [0.2, 0.25) is 0 Å². The minimum atomic E-state index is -1.05. The predicted octanol–water partition coefficient (Wildman–Crippen LogP) is 3.51. The summed E-state index contributed by atoms with van der Waals surface area (Å²) in [7, 11) is 0. The van der Waals surface area contributed by atoms with Gasteiger partial charge < -0.3 is 5.32 Å². The lowest BCUT2D eigenvalue weighted by atomic mass is 9.83. The van der Waals surface area contributed by atoms with Crippen LogP contribution in [0.4, 0.5) is 4.79 Å². The van der Waals surface area contributed by atoms with Crippen LogP contribution in [0.25, 0.3) is 0 Å². The second kappa shape index (κ2) is 8.15. The third-order valence-corrected chi connectivity index (χ3v) is 5.79. The molecule has 0 bridgehead atoms. The van der Waals surface area contributed by atoms with E-state index in [0.29, 0.717) is 13.1 Å². The molecule has 2 aliphatic heterocycles. The van der Waals surface area contributed by atoms with E-state index < -0.39 is 5.54 Å². The summed E-state index contributed by atoms with van der Waals surface area (Å²) in [6, 6.07) is 19.2. The molecule has 5 nitrogen and oxygen atoms in total. The van der Waals surface area contributed by atoms with E-state index in [-0.39, 0.29) is 11.9 Å². The monoisotopic (exact) mass is 377 g/mol. The number of benzene rings is 2. The van der Waals surface area contributed by atoms with E-state index >= 15 is 0 Å². The molecule has 28 heavy (non-hydrogen) atoms. The van der Waals surface area contributed by atoms with Crippen molar-refractivity contribution in [2.75, 3.05) is 19.8 Å². The van der Waals surface area contributed by atoms with Gasteiger partial charge >= 0.3 is 6.03 Å². The average Bonchev–Trinajstić information content (AvgIpc) is 2.90. The fourth-order valence-electron chi connectivity index (χ4n) is 4.27. The van der Waals surface area contributed by atoms with Crippen molar-refractivity contribution in [1.82, 2.24) is 15.1 Å². The Kier molecular flexibility index (Phi) is 5.44. The van der Waals surface area contributed by atoms with Gasteiger partial charge in [-0.1, -0.05) is 73.5 Å². The van der Waals surface area contributed by atoms with Crippen LogP contribution in [0, 0.1) is 0 Å². The molecule has 3 amide bonds. The second-order valence-corrected chi connectivity index (χ2v) is 7.77. The molecule has 1 N–H and O–H groups in total. The van der Waals surface area contributed by atoms with Crippen molar-refractivity contribution in [2.45, 2.75) is 37.6 Å². The third kappa shape index (κ3) is 3.67. The van der Waals surface area contributed by atoms with Crippen LogP contribution < -0.4 is 5.32 Å². The fourth-order valence-corrected chi connectivity index (χ4v) is 4.27. The normalized spacial score (nSPS) is 23.5. The Morgan fingerprint density at radius 2 is 1.43 bits per heavy atom. The second-order valence-electron chi connectivity index (χ2n) is 7.77. The molecule has 2 aromatic rings. The van der Waals surface area contributed by atoms with Crippen LogP contribution in [0.1, 0.15) is 36.8 Å². The highest BCUT2D eigenvalue weighted by Gasteiger charge is 2.52. The van der Waals surface area contributed by atoms with Crippen LogP contribution in [-0.2, 0) is 16.8 Å². The van der Waals surface area contributed by atoms with Crippen LogP contribution in [0.3, 0.4) is 0 Å². The molecule has 4 rings (SSSR count). The molecular weight excluding hydrogens is 350 g/mol. The van der Waals surface area contributed by atoms with E-state index in [1.165, 1.54) is 17.7 Å². The zero-order chi connectivity index (χ0) is 19.4. The summed E-state index contributed by atoms with van der Waals surface area (Å²) in [4.78, 5) is 30.1. The Labute approximate surface area is 166 Å². The van der Waals surface area contributed by atoms with Gasteiger partial charge in [0.05, 0.1) is 6.67 Å². The Balaban J connectivity index is 1.64. The number of carbonyl (C=O) groups is 2. The lowest BCUT2D eigenvalue weighted by Crippen LogP contribution is -2.47. The van der Waals surface area contributed by atoms with Gasteiger partial charge in [0.1, 0.15) is 0 Å². The van der Waals surface area contributed by atoms with Gasteiger partial charge in [0, 0.05) is 6.42 Å². The largest absolute Gasteiger partial charge is 0.326 e. The highest BCUT2D eigenvalue weighted by atomic mass is 16.2. The molecule has 0 aliphatic carbocycles. The van der Waals surface area contributed by atoms with Crippen molar-refractivity contribution in [3.05, 3.63) is 71.8 Å². The van der Waals surface area contributed by atoms with Crippen LogP contribution >= 0.6 is 0 Å². The first-order chi connectivity index (χ1) is 13.7. The molecule has 0 saturated carbocycles. The van der Waals surface area contributed by atoms with Crippen LogP contribution in [0.5, 0.6) is 0 Å². The van der Waals surface area contributed by atoms with Gasteiger partial charge in [-0.3, -0.25) is 9.69 Å². The van der Waals surface area contributed by atoms with Gasteiger partial charge in [-0.15, -0.1) is 0 Å². The number of nitrogens with zero attached hydrogens (tertiary/aromatic N) is 2. The van der Waals surface area contributed by atoms with E-state index in [4.69, 9.17) is 0 Å². The van der Waals surface area contributed by atoms with E-state index in [1.54, 1.807) is 0 Å². The first-order valence-electron chi connectivity index (χ1n) is 10.1. The lowest BCUT2D eigenvalue weighted by molar-refractivity contribution is -0.133. The van der Waals surface area contributed by atoms with Gasteiger partial charge in [-0.25, -0.2) is 9.69 Å². The highest BCUT2D eigenvalue weighted by Crippen LogP contribution is 2.33. The van der Waals surface area contributed by atoms with Crippen molar-refractivity contribution >= 4 is 11.9 Å². The fraction of sp³-hybridized carbons (Fsp3) is 0.391. The number of urea groups is 1. The smallest absolute Gasteiger partial charge is 0.319 e. The summed E-state index contributed by atoms with van der Waals surface area (Å²) in [5.41, 5.74) is 0.804. The summed E-state index contributed by atoms with van der Waals surface area (Å²) in [6.07, 6.45) is 5.13. The topological polar surface area (TPSA) is 52.7 Å². The van der Waals surface area contributed by atoms with Gasteiger partial charge in [-0.2, -0.15) is 0 Å². The predicted molar refractivity (Wildman–Crippen MR) is 109 cm³/mol. The molecule has 0 aromatic heterocycles. The van der Waals surface area contributed by atoms with Crippen molar-refractivity contribution in [3.63, 3.8) is 0 Å². The highest BCUT2D eigenvalue weighted by molar-refractivity contribution is 6.07. The Hall–Kier alpha value is -2.66. The number of rotatable bonds is 5. The van der Waals surface area contributed by atoms with E-state index in [2.05, 4.69) is 10.2 Å². The SMILES string of the molecule is O=C1NC(Cc2ccccc2)(c2ccccc2)C(=O)N1CN1CCCCCC1. The summed E-state index contributed by atoms with van der Waals surface area (Å²) in [5.74, 6) is -0.156. The Morgan fingerprint density at radius 3 is 2.07 bits per heavy atom. The van der Waals surface area contributed by atoms with Gasteiger partial charge in [0.2, 0.25) is 0 Å². The number of hydrogen-bond donors (Lipinski definition) is 1. The maximum atomic E-state index is 13.6. The molecular formula is C23H27N3O2. The Morgan fingerprint density at radius 1 is 0.821 bits per heavy atom. The van der Waals surface area contributed by atoms with E-state index in [1.807, 2.05) is 60.7 Å². The van der Waals surface area contributed by atoms with Crippen LogP contribution in [-0.4, -0.2) is 41.5 Å². The van der Waals surface area contributed by atoms with Gasteiger partial charge in [0.25, 0.3) is 5.91 Å². The Bertz CT molecular complexity index is 816.